The van der Waals surface area contributed by atoms with Gasteiger partial charge in [-0.3, -0.25) is 14.4 Å². The van der Waals surface area contributed by atoms with E-state index in [1.807, 2.05) is 0 Å². The second-order valence-electron chi connectivity index (χ2n) is 4.32. The topological polar surface area (TPSA) is 119 Å². The predicted molar refractivity (Wildman–Crippen MR) is 68.9 cm³/mol. The lowest BCUT2D eigenvalue weighted by atomic mass is 10.2. The second-order valence-corrected chi connectivity index (χ2v) is 4.32. The molecule has 0 heterocycles. The molecule has 0 aromatic carbocycles. The summed E-state index contributed by atoms with van der Waals surface area (Å²) in [5, 5.41) is 0. The zero-order chi connectivity index (χ0) is 15.0. The molecule has 4 N–H and O–H groups in total. The minimum atomic E-state index is -1.04. The van der Waals surface area contributed by atoms with Crippen molar-refractivity contribution in [2.75, 3.05) is 40.9 Å². The molecule has 0 aliphatic carbocycles. The highest BCUT2D eigenvalue weighted by Gasteiger charge is 2.24. The smallest absolute Gasteiger partial charge is 0.241 e. The number of rotatable bonds is 8. The summed E-state index contributed by atoms with van der Waals surface area (Å²) in [5.41, 5.74) is 10.6. The normalized spacial score (nSPS) is 11.8. The van der Waals surface area contributed by atoms with Crippen LogP contribution < -0.4 is 11.5 Å². The van der Waals surface area contributed by atoms with Crippen LogP contribution in [0.2, 0.25) is 0 Å². The van der Waals surface area contributed by atoms with Gasteiger partial charge in [-0.15, -0.1) is 0 Å². The van der Waals surface area contributed by atoms with Crippen molar-refractivity contribution in [1.29, 1.82) is 0 Å². The maximum Gasteiger partial charge on any atom is 0.241 e. The second kappa shape index (κ2) is 8.44. The van der Waals surface area contributed by atoms with Gasteiger partial charge in [0.2, 0.25) is 17.7 Å². The highest BCUT2D eigenvalue weighted by molar-refractivity contribution is 5.90. The fourth-order valence-electron chi connectivity index (χ4n) is 1.31. The summed E-state index contributed by atoms with van der Waals surface area (Å²) in [5.74, 6) is -1.40. The van der Waals surface area contributed by atoms with Gasteiger partial charge in [0, 0.05) is 27.7 Å². The molecular formula is C11H22N4O4. The van der Waals surface area contributed by atoms with Crippen LogP contribution >= 0.6 is 0 Å². The molecule has 0 saturated heterocycles. The minimum Gasteiger partial charge on any atom is -0.383 e. The third kappa shape index (κ3) is 6.73. The van der Waals surface area contributed by atoms with Gasteiger partial charge in [0.05, 0.1) is 25.6 Å². The monoisotopic (exact) mass is 274 g/mol. The van der Waals surface area contributed by atoms with E-state index in [9.17, 15) is 14.4 Å². The molecule has 8 nitrogen and oxygen atoms in total. The summed E-state index contributed by atoms with van der Waals surface area (Å²) >= 11 is 0. The van der Waals surface area contributed by atoms with E-state index in [2.05, 4.69) is 0 Å². The highest BCUT2D eigenvalue weighted by Crippen LogP contribution is 1.99. The molecule has 1 atom stereocenters. The maximum absolute atomic E-state index is 12.0. The molecule has 0 spiro atoms. The van der Waals surface area contributed by atoms with Crippen LogP contribution in [0.15, 0.2) is 0 Å². The maximum atomic E-state index is 12.0. The number of methoxy groups -OCH3 is 1. The summed E-state index contributed by atoms with van der Waals surface area (Å²) in [4.78, 5) is 37.0. The van der Waals surface area contributed by atoms with E-state index in [1.165, 1.54) is 16.9 Å². The van der Waals surface area contributed by atoms with Gasteiger partial charge in [-0.05, 0) is 0 Å². The first kappa shape index (κ1) is 17.3. The van der Waals surface area contributed by atoms with Gasteiger partial charge in [-0.25, -0.2) is 0 Å². The largest absolute Gasteiger partial charge is 0.383 e. The Kier molecular flexibility index (Phi) is 7.69. The Bertz CT molecular complexity index is 333. The number of carbonyl (C=O) groups excluding carboxylic acids is 3. The van der Waals surface area contributed by atoms with Crippen LogP contribution in [-0.4, -0.2) is 74.5 Å². The number of amides is 3. The molecule has 0 rings (SSSR count). The van der Waals surface area contributed by atoms with Crippen LogP contribution in [0.5, 0.6) is 0 Å². The lowest BCUT2D eigenvalue weighted by molar-refractivity contribution is -0.141. The van der Waals surface area contributed by atoms with E-state index in [4.69, 9.17) is 16.2 Å². The SMILES string of the molecule is COCCN(CC(=O)N(C)C)C(=O)C(N)CC(N)=O. The van der Waals surface area contributed by atoms with Gasteiger partial charge in [-0.1, -0.05) is 0 Å². The van der Waals surface area contributed by atoms with Gasteiger partial charge in [0.15, 0.2) is 0 Å². The average molecular weight is 274 g/mol. The van der Waals surface area contributed by atoms with E-state index < -0.39 is 17.9 Å². The van der Waals surface area contributed by atoms with Crippen molar-refractivity contribution in [3.63, 3.8) is 0 Å². The Morgan fingerprint density at radius 1 is 1.26 bits per heavy atom. The van der Waals surface area contributed by atoms with Crippen LogP contribution in [0.4, 0.5) is 0 Å². The molecule has 0 saturated carbocycles. The first-order valence-electron chi connectivity index (χ1n) is 5.81. The molecule has 0 aromatic heterocycles. The molecule has 8 heteroatoms. The van der Waals surface area contributed by atoms with Gasteiger partial charge in [0.1, 0.15) is 0 Å². The number of hydrogen-bond donors (Lipinski definition) is 2. The van der Waals surface area contributed by atoms with Crippen molar-refractivity contribution in [1.82, 2.24) is 9.80 Å². The number of nitrogens with zero attached hydrogens (tertiary/aromatic N) is 2. The molecule has 0 radical (unpaired) electrons. The number of carbonyl (C=O) groups is 3. The predicted octanol–water partition coefficient (Wildman–Crippen LogP) is -2.25. The summed E-state index contributed by atoms with van der Waals surface area (Å²) in [6, 6.07) is -1.04. The molecule has 3 amide bonds. The van der Waals surface area contributed by atoms with E-state index in [0.29, 0.717) is 0 Å². The molecule has 0 aliphatic heterocycles. The lowest BCUT2D eigenvalue weighted by Crippen LogP contribution is -2.49. The third-order valence-electron chi connectivity index (χ3n) is 2.44. The first-order valence-corrected chi connectivity index (χ1v) is 5.81. The minimum absolute atomic E-state index is 0.109. The summed E-state index contributed by atoms with van der Waals surface area (Å²) in [7, 11) is 4.66. The van der Waals surface area contributed by atoms with Gasteiger partial charge in [-0.2, -0.15) is 0 Å². The Labute approximate surface area is 112 Å². The molecule has 0 fully saturated rings. The number of ether oxygens (including phenoxy) is 1. The van der Waals surface area contributed by atoms with E-state index in [-0.39, 0.29) is 32.0 Å². The summed E-state index contributed by atoms with van der Waals surface area (Å²) < 4.78 is 4.87. The summed E-state index contributed by atoms with van der Waals surface area (Å²) in [6.45, 7) is 0.388. The van der Waals surface area contributed by atoms with E-state index in [0.717, 1.165) is 0 Å². The van der Waals surface area contributed by atoms with Crippen LogP contribution in [0.3, 0.4) is 0 Å². The molecule has 110 valence electrons. The third-order valence-corrected chi connectivity index (χ3v) is 2.44. The van der Waals surface area contributed by atoms with E-state index >= 15 is 0 Å². The quantitative estimate of drug-likeness (QED) is 0.518. The Hall–Kier alpha value is -1.67. The molecule has 19 heavy (non-hydrogen) atoms. The molecule has 0 aromatic rings. The number of nitrogens with two attached hydrogens (primary N) is 2. The standard InChI is InChI=1S/C11H22N4O4/c1-14(2)10(17)7-15(4-5-19-3)11(18)8(12)6-9(13)16/h8H,4-7,12H2,1-3H3,(H2,13,16). The van der Waals surface area contributed by atoms with Crippen molar-refractivity contribution >= 4 is 17.7 Å². The van der Waals surface area contributed by atoms with Crippen LogP contribution in [0, 0.1) is 0 Å². The van der Waals surface area contributed by atoms with Crippen molar-refractivity contribution in [3.05, 3.63) is 0 Å². The zero-order valence-corrected chi connectivity index (χ0v) is 11.6. The fraction of sp³-hybridized carbons (Fsp3) is 0.727. The van der Waals surface area contributed by atoms with Crippen LogP contribution in [0.1, 0.15) is 6.42 Å². The molecular weight excluding hydrogens is 252 g/mol. The lowest BCUT2D eigenvalue weighted by Gasteiger charge is -2.25. The number of likely N-dealkylation sites (N-methyl/N-ethyl adjacent to an activating group) is 1. The first-order chi connectivity index (χ1) is 8.79. The average Bonchev–Trinajstić information content (AvgIpc) is 2.32. The van der Waals surface area contributed by atoms with Crippen molar-refractivity contribution in [2.24, 2.45) is 11.5 Å². The fourth-order valence-corrected chi connectivity index (χ4v) is 1.31. The van der Waals surface area contributed by atoms with Gasteiger partial charge >= 0.3 is 0 Å². The Morgan fingerprint density at radius 3 is 2.26 bits per heavy atom. The van der Waals surface area contributed by atoms with Crippen molar-refractivity contribution in [3.8, 4) is 0 Å². The van der Waals surface area contributed by atoms with Gasteiger partial charge < -0.3 is 26.0 Å². The Balaban J connectivity index is 4.67. The number of hydrogen-bond acceptors (Lipinski definition) is 5. The Morgan fingerprint density at radius 2 is 1.84 bits per heavy atom. The number of primary amides is 1. The van der Waals surface area contributed by atoms with Crippen LogP contribution in [0.25, 0.3) is 0 Å². The molecule has 0 aliphatic rings. The molecule has 1 unspecified atom stereocenters. The van der Waals surface area contributed by atoms with Gasteiger partial charge in [0.25, 0.3) is 0 Å². The summed E-state index contributed by atoms with van der Waals surface area (Å²) in [6.07, 6.45) is -0.252. The van der Waals surface area contributed by atoms with Crippen molar-refractivity contribution in [2.45, 2.75) is 12.5 Å². The van der Waals surface area contributed by atoms with Crippen LogP contribution in [-0.2, 0) is 19.1 Å². The van der Waals surface area contributed by atoms with E-state index in [1.54, 1.807) is 14.1 Å². The molecule has 0 bridgehead atoms. The van der Waals surface area contributed by atoms with Crippen molar-refractivity contribution < 1.29 is 19.1 Å². The highest BCUT2D eigenvalue weighted by atomic mass is 16.5. The zero-order valence-electron chi connectivity index (χ0n) is 11.6.